The van der Waals surface area contributed by atoms with Gasteiger partial charge < -0.3 is 15.0 Å². The Morgan fingerprint density at radius 1 is 1.69 bits per heavy atom. The highest BCUT2D eigenvalue weighted by Gasteiger charge is 2.11. The van der Waals surface area contributed by atoms with Crippen LogP contribution in [-0.4, -0.2) is 34.6 Å². The number of methoxy groups -OCH3 is 1. The molecule has 0 saturated heterocycles. The van der Waals surface area contributed by atoms with Gasteiger partial charge in [0.05, 0.1) is 13.4 Å². The fourth-order valence-corrected chi connectivity index (χ4v) is 1.92. The van der Waals surface area contributed by atoms with Crippen molar-refractivity contribution in [1.82, 2.24) is 9.97 Å². The van der Waals surface area contributed by atoms with Crippen LogP contribution < -0.4 is 15.6 Å². The highest BCUT2D eigenvalue weighted by Crippen LogP contribution is 2.16. The van der Waals surface area contributed by atoms with Crippen molar-refractivity contribution in [3.05, 3.63) is 16.7 Å². The second-order valence-corrected chi connectivity index (χ2v) is 4.64. The number of rotatable bonds is 6. The van der Waals surface area contributed by atoms with E-state index in [-0.39, 0.29) is 17.4 Å². The molecular formula is C10H17N3O2S. The molecule has 0 bridgehead atoms. The number of thioether (sulfide) groups is 1. The van der Waals surface area contributed by atoms with Crippen molar-refractivity contribution in [3.63, 3.8) is 0 Å². The molecule has 0 aliphatic carbocycles. The van der Waals surface area contributed by atoms with Crippen LogP contribution in [0.2, 0.25) is 0 Å². The van der Waals surface area contributed by atoms with Crippen LogP contribution in [0.15, 0.2) is 11.1 Å². The maximum absolute atomic E-state index is 11.4. The van der Waals surface area contributed by atoms with Gasteiger partial charge in [-0.2, -0.15) is 11.8 Å². The third-order valence-corrected chi connectivity index (χ3v) is 3.11. The van der Waals surface area contributed by atoms with Gasteiger partial charge in [-0.3, -0.25) is 4.79 Å². The van der Waals surface area contributed by atoms with Gasteiger partial charge in [0.25, 0.3) is 5.56 Å². The van der Waals surface area contributed by atoms with Gasteiger partial charge in [0.1, 0.15) is 0 Å². The molecule has 16 heavy (non-hydrogen) atoms. The van der Waals surface area contributed by atoms with E-state index in [0.29, 0.717) is 5.82 Å². The minimum absolute atomic E-state index is 0.232. The monoisotopic (exact) mass is 243 g/mol. The summed E-state index contributed by atoms with van der Waals surface area (Å²) in [5.41, 5.74) is -0.268. The lowest BCUT2D eigenvalue weighted by molar-refractivity contribution is 0.407. The lowest BCUT2D eigenvalue weighted by Crippen LogP contribution is -2.22. The Labute approximate surface area is 99.0 Å². The van der Waals surface area contributed by atoms with Crippen molar-refractivity contribution in [2.24, 2.45) is 0 Å². The summed E-state index contributed by atoms with van der Waals surface area (Å²) in [5.74, 6) is 2.77. The molecule has 90 valence electrons. The molecule has 1 unspecified atom stereocenters. The Kier molecular flexibility index (Phi) is 5.18. The van der Waals surface area contributed by atoms with Gasteiger partial charge in [0.2, 0.25) is 5.75 Å². The van der Waals surface area contributed by atoms with Crippen molar-refractivity contribution in [2.45, 2.75) is 19.9 Å². The van der Waals surface area contributed by atoms with Gasteiger partial charge in [-0.05, 0) is 12.7 Å². The molecule has 0 aliphatic rings. The van der Waals surface area contributed by atoms with E-state index >= 15 is 0 Å². The van der Waals surface area contributed by atoms with Crippen LogP contribution in [0.25, 0.3) is 0 Å². The number of aromatic amines is 1. The first-order chi connectivity index (χ1) is 7.69. The van der Waals surface area contributed by atoms with E-state index in [1.54, 1.807) is 0 Å². The van der Waals surface area contributed by atoms with Gasteiger partial charge in [-0.15, -0.1) is 0 Å². The first kappa shape index (κ1) is 12.9. The lowest BCUT2D eigenvalue weighted by Gasteiger charge is -2.15. The zero-order valence-corrected chi connectivity index (χ0v) is 10.6. The molecule has 1 aromatic heterocycles. The predicted octanol–water partition coefficient (Wildman–Crippen LogP) is 1.33. The van der Waals surface area contributed by atoms with Crippen LogP contribution in [0.1, 0.15) is 13.8 Å². The third kappa shape index (κ3) is 3.44. The van der Waals surface area contributed by atoms with E-state index in [9.17, 15) is 4.79 Å². The topological polar surface area (TPSA) is 67.0 Å². The zero-order chi connectivity index (χ0) is 12.0. The fourth-order valence-electron chi connectivity index (χ4n) is 1.25. The Morgan fingerprint density at radius 2 is 2.44 bits per heavy atom. The molecule has 2 N–H and O–H groups in total. The van der Waals surface area contributed by atoms with Crippen molar-refractivity contribution in [2.75, 3.05) is 23.9 Å². The van der Waals surface area contributed by atoms with Crippen LogP contribution in [0.3, 0.4) is 0 Å². The molecule has 6 heteroatoms. The van der Waals surface area contributed by atoms with Crippen molar-refractivity contribution in [3.8, 4) is 5.75 Å². The maximum atomic E-state index is 11.4. The summed E-state index contributed by atoms with van der Waals surface area (Å²) in [6, 6.07) is 0.244. The molecular weight excluding hydrogens is 226 g/mol. The average Bonchev–Trinajstić information content (AvgIpc) is 2.27. The van der Waals surface area contributed by atoms with Crippen LogP contribution >= 0.6 is 11.8 Å². The number of nitrogens with zero attached hydrogens (tertiary/aromatic N) is 1. The summed E-state index contributed by atoms with van der Waals surface area (Å²) in [5, 5.41) is 3.16. The largest absolute Gasteiger partial charge is 0.489 e. The average molecular weight is 243 g/mol. The summed E-state index contributed by atoms with van der Waals surface area (Å²) in [6.07, 6.45) is 1.37. The van der Waals surface area contributed by atoms with Crippen LogP contribution in [-0.2, 0) is 0 Å². The first-order valence-electron chi connectivity index (χ1n) is 5.15. The second kappa shape index (κ2) is 6.42. The van der Waals surface area contributed by atoms with Crippen LogP contribution in [0.4, 0.5) is 5.82 Å². The summed E-state index contributed by atoms with van der Waals surface area (Å²) in [7, 11) is 1.46. The summed E-state index contributed by atoms with van der Waals surface area (Å²) in [6.45, 7) is 4.16. The zero-order valence-electron chi connectivity index (χ0n) is 9.74. The quantitative estimate of drug-likeness (QED) is 0.789. The molecule has 1 rings (SSSR count). The first-order valence-corrected chi connectivity index (χ1v) is 6.30. The number of anilines is 1. The minimum atomic E-state index is -0.268. The number of H-pyrrole nitrogens is 1. The molecule has 0 amide bonds. The molecule has 0 spiro atoms. The van der Waals surface area contributed by atoms with E-state index in [0.717, 1.165) is 11.5 Å². The highest BCUT2D eigenvalue weighted by atomic mass is 32.2. The number of hydrogen-bond donors (Lipinski definition) is 2. The molecule has 0 saturated carbocycles. The van der Waals surface area contributed by atoms with Crippen molar-refractivity contribution in [1.29, 1.82) is 0 Å². The van der Waals surface area contributed by atoms with Gasteiger partial charge in [0, 0.05) is 11.8 Å². The number of hydrogen-bond acceptors (Lipinski definition) is 5. The number of ether oxygens (including phenoxy) is 1. The van der Waals surface area contributed by atoms with Gasteiger partial charge in [-0.1, -0.05) is 6.92 Å². The smallest absolute Gasteiger partial charge is 0.295 e. The Bertz CT molecular complexity index is 381. The number of nitrogens with one attached hydrogen (secondary N) is 2. The Morgan fingerprint density at radius 3 is 3.06 bits per heavy atom. The van der Waals surface area contributed by atoms with Crippen LogP contribution in [0, 0.1) is 0 Å². The Hall–Kier alpha value is -1.17. The standard InChI is InChI=1S/C10H17N3O2S/c1-4-16-5-7(2)13-9-8(15-3)10(14)12-6-11-9/h6-7H,4-5H2,1-3H3,(H2,11,12,13,14). The summed E-state index contributed by atoms with van der Waals surface area (Å²) < 4.78 is 5.01. The fraction of sp³-hybridized carbons (Fsp3) is 0.600. The molecule has 1 atom stereocenters. The van der Waals surface area contributed by atoms with E-state index in [2.05, 4.69) is 22.2 Å². The summed E-state index contributed by atoms with van der Waals surface area (Å²) in [4.78, 5) is 17.9. The summed E-state index contributed by atoms with van der Waals surface area (Å²) >= 11 is 1.84. The predicted molar refractivity (Wildman–Crippen MR) is 67.5 cm³/mol. The third-order valence-electron chi connectivity index (χ3n) is 1.97. The SMILES string of the molecule is CCSCC(C)Nc1nc[nH]c(=O)c1OC. The molecule has 5 nitrogen and oxygen atoms in total. The maximum Gasteiger partial charge on any atom is 0.295 e. The number of aromatic nitrogens is 2. The van der Waals surface area contributed by atoms with Crippen molar-refractivity contribution >= 4 is 17.6 Å². The van der Waals surface area contributed by atoms with E-state index in [1.807, 2.05) is 18.7 Å². The van der Waals surface area contributed by atoms with Gasteiger partial charge >= 0.3 is 0 Å². The van der Waals surface area contributed by atoms with E-state index in [4.69, 9.17) is 4.74 Å². The highest BCUT2D eigenvalue weighted by molar-refractivity contribution is 7.99. The molecule has 0 fully saturated rings. The van der Waals surface area contributed by atoms with Crippen LogP contribution in [0.5, 0.6) is 5.75 Å². The van der Waals surface area contributed by atoms with E-state index in [1.165, 1.54) is 13.4 Å². The normalized spacial score (nSPS) is 12.2. The second-order valence-electron chi connectivity index (χ2n) is 3.32. The molecule has 0 aliphatic heterocycles. The molecule has 1 aromatic rings. The van der Waals surface area contributed by atoms with Gasteiger partial charge in [-0.25, -0.2) is 4.98 Å². The Balaban J connectivity index is 2.73. The minimum Gasteiger partial charge on any atom is -0.489 e. The molecule has 1 heterocycles. The van der Waals surface area contributed by atoms with Crippen molar-refractivity contribution < 1.29 is 4.74 Å². The molecule has 0 aromatic carbocycles. The molecule has 0 radical (unpaired) electrons. The van der Waals surface area contributed by atoms with E-state index < -0.39 is 0 Å². The van der Waals surface area contributed by atoms with Gasteiger partial charge in [0.15, 0.2) is 5.82 Å². The lowest BCUT2D eigenvalue weighted by atomic mass is 10.4.